The number of amides is 1. The maximum absolute atomic E-state index is 12.3. The highest BCUT2D eigenvalue weighted by Gasteiger charge is 2.26. The van der Waals surface area contributed by atoms with Crippen molar-refractivity contribution in [2.45, 2.75) is 52.0 Å². The van der Waals surface area contributed by atoms with E-state index in [0.717, 1.165) is 49.8 Å². The average Bonchev–Trinajstić information content (AvgIpc) is 3.21. The molecule has 3 N–H and O–H groups in total. The van der Waals surface area contributed by atoms with Crippen LogP contribution in [0.15, 0.2) is 40.8 Å². The Labute approximate surface area is 201 Å². The fourth-order valence-corrected chi connectivity index (χ4v) is 4.27. The molecule has 7 nitrogen and oxygen atoms in total. The van der Waals surface area contributed by atoms with E-state index in [1.807, 2.05) is 43.3 Å². The third-order valence-corrected chi connectivity index (χ3v) is 6.20. The molecule has 33 heavy (non-hydrogen) atoms. The first-order valence-electron chi connectivity index (χ1n) is 11.6. The molecule has 1 aliphatic heterocycles. The number of nitrogens with zero attached hydrogens (tertiary/aromatic N) is 2. The predicted molar refractivity (Wildman–Crippen MR) is 130 cm³/mol. The van der Waals surface area contributed by atoms with Gasteiger partial charge in [0.05, 0.1) is 12.6 Å². The molecule has 0 spiro atoms. The molecular weight excluding hydrogens is 442 g/mol. The van der Waals surface area contributed by atoms with E-state index in [0.29, 0.717) is 24.4 Å². The minimum atomic E-state index is -1.25. The highest BCUT2D eigenvalue weighted by atomic mass is 35.5. The van der Waals surface area contributed by atoms with Crippen LogP contribution >= 0.6 is 11.6 Å². The number of furan rings is 1. The van der Waals surface area contributed by atoms with Crippen molar-refractivity contribution in [2.24, 2.45) is 5.92 Å². The van der Waals surface area contributed by atoms with Crippen LogP contribution in [-0.4, -0.2) is 70.5 Å². The van der Waals surface area contributed by atoms with Crippen LogP contribution < -0.4 is 5.32 Å². The summed E-state index contributed by atoms with van der Waals surface area (Å²) in [6.07, 6.45) is 0.424. The topological polar surface area (TPSA) is 89.2 Å². The van der Waals surface area contributed by atoms with Crippen molar-refractivity contribution in [2.75, 3.05) is 32.7 Å². The normalized spacial score (nSPS) is 17.6. The first-order chi connectivity index (χ1) is 15.6. The summed E-state index contributed by atoms with van der Waals surface area (Å²) >= 11 is 5.96. The number of nitrogens with one attached hydrogen (secondary N) is 1. The molecule has 0 bridgehead atoms. The van der Waals surface area contributed by atoms with Crippen molar-refractivity contribution < 1.29 is 19.4 Å². The van der Waals surface area contributed by atoms with Crippen molar-refractivity contribution in [3.8, 4) is 11.3 Å². The zero-order chi connectivity index (χ0) is 24.0. The number of rotatable bonds is 10. The van der Waals surface area contributed by atoms with Gasteiger partial charge >= 0.3 is 0 Å². The molecule has 0 saturated carbocycles. The van der Waals surface area contributed by atoms with Gasteiger partial charge in [0.2, 0.25) is 5.91 Å². The largest absolute Gasteiger partial charge is 0.460 e. The summed E-state index contributed by atoms with van der Waals surface area (Å²) < 4.78 is 6.02. The van der Waals surface area contributed by atoms with Crippen LogP contribution in [-0.2, 0) is 11.3 Å². The Morgan fingerprint density at radius 2 is 1.76 bits per heavy atom. The fraction of sp³-hybridized carbons (Fsp3) is 0.560. The molecule has 2 heterocycles. The fourth-order valence-electron chi connectivity index (χ4n) is 4.15. The summed E-state index contributed by atoms with van der Waals surface area (Å²) in [4.78, 5) is 16.9. The molecule has 1 fully saturated rings. The number of benzene rings is 1. The lowest BCUT2D eigenvalue weighted by molar-refractivity contribution is -0.132. The van der Waals surface area contributed by atoms with Gasteiger partial charge in [-0.05, 0) is 63.1 Å². The molecule has 1 saturated heterocycles. The molecule has 1 amide bonds. The summed E-state index contributed by atoms with van der Waals surface area (Å²) in [5, 5.41) is 23.7. The molecule has 2 aromatic rings. The van der Waals surface area contributed by atoms with Crippen molar-refractivity contribution >= 4 is 17.5 Å². The van der Waals surface area contributed by atoms with E-state index >= 15 is 0 Å². The molecule has 3 rings (SSSR count). The van der Waals surface area contributed by atoms with Crippen molar-refractivity contribution in [1.82, 2.24) is 15.1 Å². The number of aliphatic hydroxyl groups is 2. The van der Waals surface area contributed by atoms with E-state index in [2.05, 4.69) is 15.1 Å². The molecule has 0 radical (unpaired) electrons. The van der Waals surface area contributed by atoms with Crippen LogP contribution in [0.1, 0.15) is 39.4 Å². The minimum absolute atomic E-state index is 0.217. The number of piperazine rings is 1. The average molecular weight is 478 g/mol. The number of hydrogen-bond donors (Lipinski definition) is 3. The van der Waals surface area contributed by atoms with Crippen LogP contribution in [0.5, 0.6) is 0 Å². The lowest BCUT2D eigenvalue weighted by Crippen LogP contribution is -2.49. The standard InChI is InChI=1S/C25H36ClN3O4/c1-4-18(24(31)27-25(2,3)32)15-21(30)16-28-11-13-29(14-12-28)17-22-9-10-23(33-22)19-5-7-20(26)8-6-19/h5-10,18,21,30,32H,4,11-17H2,1-3H3,(H,27,31)/t18?,21-/m0/s1. The van der Waals surface area contributed by atoms with E-state index in [1.165, 1.54) is 13.8 Å². The van der Waals surface area contributed by atoms with Gasteiger partial charge in [0.1, 0.15) is 17.2 Å². The summed E-state index contributed by atoms with van der Waals surface area (Å²) in [6.45, 7) is 9.78. The first-order valence-corrected chi connectivity index (χ1v) is 12.0. The van der Waals surface area contributed by atoms with Crippen LogP contribution in [0.3, 0.4) is 0 Å². The van der Waals surface area contributed by atoms with E-state index in [1.54, 1.807) is 0 Å². The van der Waals surface area contributed by atoms with Crippen molar-refractivity contribution in [3.63, 3.8) is 0 Å². The second kappa shape index (κ2) is 11.5. The third-order valence-electron chi connectivity index (χ3n) is 5.95. The molecular formula is C25H36ClN3O4. The quantitative estimate of drug-likeness (QED) is 0.455. The number of aliphatic hydroxyl groups excluding tert-OH is 1. The Morgan fingerprint density at radius 3 is 2.36 bits per heavy atom. The van der Waals surface area contributed by atoms with Gasteiger partial charge in [0, 0.05) is 49.2 Å². The molecule has 1 unspecified atom stereocenters. The Kier molecular flexibility index (Phi) is 8.95. The SMILES string of the molecule is CCC(C[C@H](O)CN1CCN(Cc2ccc(-c3ccc(Cl)cc3)o2)CC1)C(=O)NC(C)(C)O. The highest BCUT2D eigenvalue weighted by molar-refractivity contribution is 6.30. The zero-order valence-electron chi connectivity index (χ0n) is 19.8. The van der Waals surface area contributed by atoms with Crippen molar-refractivity contribution in [1.29, 1.82) is 0 Å². The van der Waals surface area contributed by atoms with Gasteiger partial charge < -0.3 is 19.9 Å². The lowest BCUT2D eigenvalue weighted by atomic mass is 9.96. The number of carbonyl (C=O) groups is 1. The second-order valence-electron chi connectivity index (χ2n) is 9.39. The number of halogens is 1. The lowest BCUT2D eigenvalue weighted by Gasteiger charge is -2.35. The summed E-state index contributed by atoms with van der Waals surface area (Å²) in [5.41, 5.74) is -0.249. The Morgan fingerprint density at radius 1 is 1.12 bits per heavy atom. The highest BCUT2D eigenvalue weighted by Crippen LogP contribution is 2.24. The van der Waals surface area contributed by atoms with Gasteiger partial charge in [-0.15, -0.1) is 0 Å². The van der Waals surface area contributed by atoms with Gasteiger partial charge in [-0.2, -0.15) is 0 Å². The van der Waals surface area contributed by atoms with E-state index in [4.69, 9.17) is 16.0 Å². The summed E-state index contributed by atoms with van der Waals surface area (Å²) in [6, 6.07) is 11.6. The third kappa shape index (κ3) is 8.12. The molecule has 0 aliphatic carbocycles. The summed E-state index contributed by atoms with van der Waals surface area (Å²) in [5.74, 6) is 1.23. The zero-order valence-corrected chi connectivity index (χ0v) is 20.5. The maximum Gasteiger partial charge on any atom is 0.225 e. The summed E-state index contributed by atoms with van der Waals surface area (Å²) in [7, 11) is 0. The van der Waals surface area contributed by atoms with Gasteiger partial charge in [-0.3, -0.25) is 14.6 Å². The smallest absolute Gasteiger partial charge is 0.225 e. The van der Waals surface area contributed by atoms with E-state index in [9.17, 15) is 15.0 Å². The van der Waals surface area contributed by atoms with E-state index in [-0.39, 0.29) is 11.8 Å². The van der Waals surface area contributed by atoms with Crippen LogP contribution in [0.25, 0.3) is 11.3 Å². The van der Waals surface area contributed by atoms with Crippen LogP contribution in [0.2, 0.25) is 5.02 Å². The van der Waals surface area contributed by atoms with Gasteiger partial charge in [-0.1, -0.05) is 18.5 Å². The molecule has 2 atom stereocenters. The van der Waals surface area contributed by atoms with Gasteiger partial charge in [-0.25, -0.2) is 0 Å². The Balaban J connectivity index is 1.42. The molecule has 1 aromatic heterocycles. The molecule has 8 heteroatoms. The molecule has 1 aliphatic rings. The Hall–Kier alpha value is -1.90. The Bertz CT molecular complexity index is 886. The van der Waals surface area contributed by atoms with Crippen molar-refractivity contribution in [3.05, 3.63) is 47.2 Å². The monoisotopic (exact) mass is 477 g/mol. The predicted octanol–water partition coefficient (Wildman–Crippen LogP) is 3.34. The second-order valence-corrected chi connectivity index (χ2v) is 9.83. The van der Waals surface area contributed by atoms with Crippen LogP contribution in [0.4, 0.5) is 0 Å². The minimum Gasteiger partial charge on any atom is -0.460 e. The number of hydrogen-bond acceptors (Lipinski definition) is 6. The van der Waals surface area contributed by atoms with E-state index < -0.39 is 11.8 Å². The molecule has 1 aromatic carbocycles. The van der Waals surface area contributed by atoms with Crippen LogP contribution in [0, 0.1) is 5.92 Å². The van der Waals surface area contributed by atoms with Gasteiger partial charge in [0.15, 0.2) is 0 Å². The van der Waals surface area contributed by atoms with Gasteiger partial charge in [0.25, 0.3) is 0 Å². The molecule has 182 valence electrons. The number of β-amino-alcohol motifs (C(OH)–C–C–N with tert-alkyl or cyclic N) is 1. The number of carbonyl (C=O) groups excluding carboxylic acids is 1. The first kappa shape index (κ1) is 25.7. The maximum atomic E-state index is 12.3.